The second-order valence-corrected chi connectivity index (χ2v) is 6.88. The van der Waals surface area contributed by atoms with Crippen LogP contribution in [0.15, 0.2) is 77.6 Å². The van der Waals surface area contributed by atoms with Gasteiger partial charge in [0.2, 0.25) is 0 Å². The van der Waals surface area contributed by atoms with Crippen molar-refractivity contribution in [1.29, 1.82) is 0 Å². The summed E-state index contributed by atoms with van der Waals surface area (Å²) in [6.07, 6.45) is 0. The summed E-state index contributed by atoms with van der Waals surface area (Å²) >= 11 is 0. The highest BCUT2D eigenvalue weighted by molar-refractivity contribution is 5.96. The van der Waals surface area contributed by atoms with Gasteiger partial charge in [0.1, 0.15) is 11.5 Å². The summed E-state index contributed by atoms with van der Waals surface area (Å²) in [5.74, 6) is -0.470. The number of carboxylic acid groups (broad SMARTS) is 1. The van der Waals surface area contributed by atoms with Gasteiger partial charge in [0.15, 0.2) is 0 Å². The van der Waals surface area contributed by atoms with Crippen LogP contribution in [-0.2, 0) is 6.54 Å². The number of methoxy groups -OCH3 is 1. The van der Waals surface area contributed by atoms with Gasteiger partial charge in [0.25, 0.3) is 5.56 Å². The minimum absolute atomic E-state index is 0.0745. The molecule has 2 N–H and O–H groups in total. The Bertz CT molecular complexity index is 1310. The van der Waals surface area contributed by atoms with E-state index in [-0.39, 0.29) is 16.9 Å². The second-order valence-electron chi connectivity index (χ2n) is 6.88. The lowest BCUT2D eigenvalue weighted by molar-refractivity contribution is 0.0697. The molecule has 0 unspecified atom stereocenters. The van der Waals surface area contributed by atoms with Crippen molar-refractivity contribution >= 4 is 16.9 Å². The summed E-state index contributed by atoms with van der Waals surface area (Å²) in [7, 11) is 1.54. The number of pyridine rings is 1. The van der Waals surface area contributed by atoms with E-state index in [0.717, 1.165) is 11.1 Å². The molecule has 1 aromatic heterocycles. The third-order valence-corrected chi connectivity index (χ3v) is 5.06. The number of nitrogens with zero attached hydrogens (tertiary/aromatic N) is 1. The molecule has 0 aliphatic carbocycles. The summed E-state index contributed by atoms with van der Waals surface area (Å²) in [6.45, 7) is 0.295. The van der Waals surface area contributed by atoms with E-state index in [0.29, 0.717) is 28.8 Å². The molecule has 4 rings (SSSR count). The van der Waals surface area contributed by atoms with Crippen molar-refractivity contribution in [3.05, 3.63) is 94.3 Å². The fourth-order valence-electron chi connectivity index (χ4n) is 3.53. The van der Waals surface area contributed by atoms with Gasteiger partial charge >= 0.3 is 5.97 Å². The van der Waals surface area contributed by atoms with Crippen LogP contribution in [0.4, 0.5) is 0 Å². The predicted octanol–water partition coefficient (Wildman–Crippen LogP) is 4.13. The Kier molecular flexibility index (Phi) is 4.98. The maximum absolute atomic E-state index is 12.6. The molecular formula is C24H19NO5. The van der Waals surface area contributed by atoms with Crippen LogP contribution in [-0.4, -0.2) is 27.9 Å². The molecule has 3 aromatic carbocycles. The van der Waals surface area contributed by atoms with Crippen molar-refractivity contribution in [2.24, 2.45) is 0 Å². The van der Waals surface area contributed by atoms with Crippen LogP contribution in [0.2, 0.25) is 0 Å². The van der Waals surface area contributed by atoms with E-state index < -0.39 is 5.97 Å². The number of benzene rings is 3. The quantitative estimate of drug-likeness (QED) is 0.525. The Balaban J connectivity index is 1.74. The monoisotopic (exact) mass is 401 g/mol. The summed E-state index contributed by atoms with van der Waals surface area (Å²) in [6, 6.07) is 20.6. The molecule has 150 valence electrons. The molecule has 0 radical (unpaired) electrons. The van der Waals surface area contributed by atoms with Crippen LogP contribution < -0.4 is 10.3 Å². The summed E-state index contributed by atoms with van der Waals surface area (Å²) in [5, 5.41) is 20.1. The van der Waals surface area contributed by atoms with E-state index >= 15 is 0 Å². The van der Waals surface area contributed by atoms with E-state index in [1.165, 1.54) is 6.07 Å². The zero-order chi connectivity index (χ0) is 21.3. The number of ether oxygens (including phenoxy) is 1. The van der Waals surface area contributed by atoms with Gasteiger partial charge in [-0.25, -0.2) is 4.79 Å². The highest BCUT2D eigenvalue weighted by Crippen LogP contribution is 2.28. The molecule has 1 heterocycles. The zero-order valence-electron chi connectivity index (χ0n) is 16.2. The summed E-state index contributed by atoms with van der Waals surface area (Å²) in [4.78, 5) is 24.0. The van der Waals surface area contributed by atoms with E-state index in [1.54, 1.807) is 54.1 Å². The number of carbonyl (C=O) groups is 1. The Hall–Kier alpha value is -4.06. The third-order valence-electron chi connectivity index (χ3n) is 5.06. The fraction of sp³-hybridized carbons (Fsp3) is 0.0833. The van der Waals surface area contributed by atoms with Gasteiger partial charge in [-0.2, -0.15) is 0 Å². The van der Waals surface area contributed by atoms with Gasteiger partial charge < -0.3 is 19.5 Å². The van der Waals surface area contributed by atoms with Gasteiger partial charge in [-0.05, 0) is 34.9 Å². The van der Waals surface area contributed by atoms with Gasteiger partial charge in [-0.3, -0.25) is 4.79 Å². The molecule has 6 nitrogen and oxygen atoms in total. The lowest BCUT2D eigenvalue weighted by Crippen LogP contribution is -2.20. The Morgan fingerprint density at radius 3 is 2.43 bits per heavy atom. The molecule has 0 amide bonds. The molecule has 0 fully saturated rings. The van der Waals surface area contributed by atoms with E-state index in [2.05, 4.69) is 0 Å². The molecule has 6 heteroatoms. The number of aromatic hydroxyl groups is 1. The molecule has 0 saturated heterocycles. The number of hydrogen-bond donors (Lipinski definition) is 2. The van der Waals surface area contributed by atoms with E-state index in [1.807, 2.05) is 24.3 Å². The van der Waals surface area contributed by atoms with Gasteiger partial charge in [0, 0.05) is 17.5 Å². The molecule has 4 aromatic rings. The predicted molar refractivity (Wildman–Crippen MR) is 114 cm³/mol. The van der Waals surface area contributed by atoms with Crippen molar-refractivity contribution in [1.82, 2.24) is 4.57 Å². The summed E-state index contributed by atoms with van der Waals surface area (Å²) < 4.78 is 6.82. The lowest BCUT2D eigenvalue weighted by atomic mass is 9.98. The molecule has 0 bridgehead atoms. The minimum atomic E-state index is -0.981. The lowest BCUT2D eigenvalue weighted by Gasteiger charge is -2.13. The highest BCUT2D eigenvalue weighted by Gasteiger charge is 2.12. The third kappa shape index (κ3) is 3.51. The number of fused-ring (bicyclic) bond motifs is 1. The standard InChI is InChI=1S/C24H19NO5/c1-30-17-10-11-20-21(12-17)25(23(27)13-22(20)26)14-15-6-8-16(9-7-15)18-4-2-3-5-19(18)24(28)29/h2-13,26H,14H2,1H3,(H,28,29). The first-order valence-electron chi connectivity index (χ1n) is 9.30. The average Bonchev–Trinajstić information content (AvgIpc) is 2.76. The second kappa shape index (κ2) is 7.75. The van der Waals surface area contributed by atoms with Crippen LogP contribution in [0.3, 0.4) is 0 Å². The van der Waals surface area contributed by atoms with Crippen molar-refractivity contribution in [3.8, 4) is 22.6 Å². The van der Waals surface area contributed by atoms with Gasteiger partial charge in [-0.15, -0.1) is 0 Å². The number of aromatic carboxylic acids is 1. The molecule has 0 atom stereocenters. The number of rotatable bonds is 5. The highest BCUT2D eigenvalue weighted by atomic mass is 16.5. The van der Waals surface area contributed by atoms with Crippen LogP contribution >= 0.6 is 0 Å². The van der Waals surface area contributed by atoms with Gasteiger partial charge in [0.05, 0.1) is 24.7 Å². The van der Waals surface area contributed by atoms with E-state index in [9.17, 15) is 19.8 Å². The van der Waals surface area contributed by atoms with Crippen LogP contribution in [0, 0.1) is 0 Å². The van der Waals surface area contributed by atoms with Crippen molar-refractivity contribution in [2.75, 3.05) is 7.11 Å². The Morgan fingerprint density at radius 2 is 1.73 bits per heavy atom. The largest absolute Gasteiger partial charge is 0.507 e. The van der Waals surface area contributed by atoms with Crippen LogP contribution in [0.25, 0.3) is 22.0 Å². The molecule has 30 heavy (non-hydrogen) atoms. The van der Waals surface area contributed by atoms with Crippen LogP contribution in [0.5, 0.6) is 11.5 Å². The minimum Gasteiger partial charge on any atom is -0.507 e. The van der Waals surface area contributed by atoms with Crippen molar-refractivity contribution in [2.45, 2.75) is 6.54 Å². The maximum atomic E-state index is 12.6. The van der Waals surface area contributed by atoms with Gasteiger partial charge in [-0.1, -0.05) is 42.5 Å². The Morgan fingerprint density at radius 1 is 1.00 bits per heavy atom. The summed E-state index contributed by atoms with van der Waals surface area (Å²) in [5.41, 5.74) is 2.75. The van der Waals surface area contributed by atoms with Crippen molar-refractivity contribution < 1.29 is 19.7 Å². The normalized spacial score (nSPS) is 10.8. The zero-order valence-corrected chi connectivity index (χ0v) is 16.2. The molecule has 0 spiro atoms. The fourth-order valence-corrected chi connectivity index (χ4v) is 3.53. The molecular weight excluding hydrogens is 382 g/mol. The molecule has 0 saturated carbocycles. The average molecular weight is 401 g/mol. The smallest absolute Gasteiger partial charge is 0.336 e. The molecule has 0 aliphatic rings. The first-order valence-corrected chi connectivity index (χ1v) is 9.30. The number of aromatic nitrogens is 1. The first-order chi connectivity index (χ1) is 14.5. The topological polar surface area (TPSA) is 88.8 Å². The number of hydrogen-bond acceptors (Lipinski definition) is 4. The molecule has 0 aliphatic heterocycles. The SMILES string of the molecule is COc1ccc2c(O)cc(=O)n(Cc3ccc(-c4ccccc4C(=O)O)cc3)c2c1. The first kappa shape index (κ1) is 19.3. The van der Waals surface area contributed by atoms with Crippen LogP contribution in [0.1, 0.15) is 15.9 Å². The Labute approximate surface area is 172 Å². The van der Waals surface area contributed by atoms with Crippen molar-refractivity contribution in [3.63, 3.8) is 0 Å². The number of carboxylic acids is 1. The maximum Gasteiger partial charge on any atom is 0.336 e. The van der Waals surface area contributed by atoms with E-state index in [4.69, 9.17) is 4.74 Å².